The number of unbranched alkanes of at least 4 members (excludes halogenated alkanes) is 3. The van der Waals surface area contributed by atoms with Gasteiger partial charge in [-0.05, 0) is 38.4 Å². The molecule has 0 heterocycles. The second kappa shape index (κ2) is 13.1. The van der Waals surface area contributed by atoms with Crippen LogP contribution in [0.1, 0.15) is 78.6 Å². The summed E-state index contributed by atoms with van der Waals surface area (Å²) in [5, 5.41) is 0.336. The van der Waals surface area contributed by atoms with E-state index in [-0.39, 0.29) is 12.4 Å². The largest absolute Gasteiger partial charge is 0.464 e. The molecule has 0 bridgehead atoms. The van der Waals surface area contributed by atoms with Crippen molar-refractivity contribution in [3.05, 3.63) is 0 Å². The molecule has 0 amide bonds. The zero-order valence-electron chi connectivity index (χ0n) is 14.3. The van der Waals surface area contributed by atoms with Gasteiger partial charge < -0.3 is 4.74 Å². The minimum absolute atomic E-state index is 0.0227. The first kappa shape index (κ1) is 21.7. The number of esters is 1. The van der Waals surface area contributed by atoms with E-state index >= 15 is 0 Å². The highest BCUT2D eigenvalue weighted by molar-refractivity contribution is 7.99. The Balaban J connectivity index is 3.74. The first-order valence-electron chi connectivity index (χ1n) is 8.54. The van der Waals surface area contributed by atoms with Gasteiger partial charge >= 0.3 is 5.97 Å². The molecule has 0 aromatic heterocycles. The van der Waals surface area contributed by atoms with Gasteiger partial charge in [0, 0.05) is 18.1 Å². The topological polar surface area (TPSA) is 26.3 Å². The van der Waals surface area contributed by atoms with Crippen LogP contribution >= 0.6 is 11.8 Å². The molecule has 0 aliphatic carbocycles. The van der Waals surface area contributed by atoms with Gasteiger partial charge in [-0.15, -0.1) is 0 Å². The third-order valence-electron chi connectivity index (χ3n) is 3.39. The smallest absolute Gasteiger partial charge is 0.305 e. The summed E-state index contributed by atoms with van der Waals surface area (Å²) < 4.78 is 30.7. The zero-order chi connectivity index (χ0) is 16.8. The van der Waals surface area contributed by atoms with E-state index in [1.54, 1.807) is 11.8 Å². The molecule has 0 aliphatic rings. The fourth-order valence-corrected chi connectivity index (χ4v) is 3.35. The number of alkyl halides is 2. The maximum atomic E-state index is 12.7. The van der Waals surface area contributed by atoms with Gasteiger partial charge in [-0.2, -0.15) is 11.8 Å². The summed E-state index contributed by atoms with van der Waals surface area (Å²) in [5.74, 6) is -1.69. The Kier molecular flexibility index (Phi) is 13.0. The molecule has 0 radical (unpaired) electrons. The van der Waals surface area contributed by atoms with Crippen LogP contribution in [-0.4, -0.2) is 29.5 Å². The molecule has 1 atom stereocenters. The number of carbonyl (C=O) groups is 1. The number of hydrogen-bond donors (Lipinski definition) is 0. The third-order valence-corrected chi connectivity index (χ3v) is 4.76. The molecule has 22 heavy (non-hydrogen) atoms. The second-order valence-corrected chi connectivity index (χ2v) is 7.36. The minimum Gasteiger partial charge on any atom is -0.464 e. The van der Waals surface area contributed by atoms with Crippen LogP contribution < -0.4 is 0 Å². The Labute approximate surface area is 138 Å². The van der Waals surface area contributed by atoms with Crippen molar-refractivity contribution in [3.63, 3.8) is 0 Å². The van der Waals surface area contributed by atoms with E-state index in [2.05, 4.69) is 13.8 Å². The minimum atomic E-state index is -2.54. The van der Waals surface area contributed by atoms with Gasteiger partial charge in [0.1, 0.15) is 6.61 Å². The number of carbonyl (C=O) groups excluding carboxylic acids is 1. The molecule has 0 rings (SSSR count). The Hall–Kier alpha value is -0.320. The molecule has 0 saturated carbocycles. The Morgan fingerprint density at radius 3 is 2.45 bits per heavy atom. The van der Waals surface area contributed by atoms with Gasteiger partial charge in [0.25, 0.3) is 0 Å². The van der Waals surface area contributed by atoms with E-state index < -0.39 is 5.92 Å². The average molecular weight is 339 g/mol. The quantitative estimate of drug-likeness (QED) is 0.294. The molecule has 0 aromatic rings. The number of hydrogen-bond acceptors (Lipinski definition) is 3. The Morgan fingerprint density at radius 2 is 1.86 bits per heavy atom. The van der Waals surface area contributed by atoms with Crippen molar-refractivity contribution >= 4 is 17.7 Å². The lowest BCUT2D eigenvalue weighted by Crippen LogP contribution is -2.16. The van der Waals surface area contributed by atoms with Crippen molar-refractivity contribution < 1.29 is 18.3 Å². The summed E-state index contributed by atoms with van der Waals surface area (Å²) in [4.78, 5) is 11.5. The predicted octanol–water partition coefficient (Wildman–Crippen LogP) is 5.84. The molecule has 132 valence electrons. The van der Waals surface area contributed by atoms with Crippen LogP contribution in [0.3, 0.4) is 0 Å². The highest BCUT2D eigenvalue weighted by atomic mass is 32.2. The number of halogens is 2. The van der Waals surface area contributed by atoms with Crippen molar-refractivity contribution in [2.24, 2.45) is 0 Å². The van der Waals surface area contributed by atoms with Crippen LogP contribution in [0.4, 0.5) is 8.78 Å². The lowest BCUT2D eigenvalue weighted by Gasteiger charge is -2.16. The van der Waals surface area contributed by atoms with E-state index in [9.17, 15) is 13.6 Å². The monoisotopic (exact) mass is 338 g/mol. The predicted molar refractivity (Wildman–Crippen MR) is 90.7 cm³/mol. The highest BCUT2D eigenvalue weighted by Gasteiger charge is 2.19. The van der Waals surface area contributed by atoms with Gasteiger partial charge in [-0.3, -0.25) is 4.79 Å². The fraction of sp³-hybridized carbons (Fsp3) is 0.941. The van der Waals surface area contributed by atoms with E-state index in [4.69, 9.17) is 4.74 Å². The van der Waals surface area contributed by atoms with Crippen LogP contribution in [-0.2, 0) is 9.53 Å². The van der Waals surface area contributed by atoms with Gasteiger partial charge in [0.2, 0.25) is 5.92 Å². The molecule has 0 N–H and O–H groups in total. The van der Waals surface area contributed by atoms with E-state index in [0.717, 1.165) is 51.2 Å². The molecule has 0 saturated heterocycles. The standard InChI is InChI=1S/C17H32F2O2S/c1-4-6-11-16(20)21-14-15(10-5-2)22-13-9-7-8-12-17(3,18)19/h15H,4-14H2,1-3H3. The Bertz CT molecular complexity index is 280. The van der Waals surface area contributed by atoms with Crippen molar-refractivity contribution in [1.29, 1.82) is 0 Å². The van der Waals surface area contributed by atoms with Crippen molar-refractivity contribution in [2.45, 2.75) is 89.7 Å². The van der Waals surface area contributed by atoms with Gasteiger partial charge in [0.05, 0.1) is 0 Å². The summed E-state index contributed by atoms with van der Waals surface area (Å²) >= 11 is 1.81. The molecule has 0 aromatic carbocycles. The molecule has 1 unspecified atom stereocenters. The maximum Gasteiger partial charge on any atom is 0.305 e. The van der Waals surface area contributed by atoms with Crippen molar-refractivity contribution in [1.82, 2.24) is 0 Å². The number of thioether (sulfide) groups is 1. The summed E-state index contributed by atoms with van der Waals surface area (Å²) in [6, 6.07) is 0. The third kappa shape index (κ3) is 14.6. The molecule has 2 nitrogen and oxygen atoms in total. The van der Waals surface area contributed by atoms with E-state index in [1.807, 2.05) is 0 Å². The molecule has 0 aliphatic heterocycles. The highest BCUT2D eigenvalue weighted by Crippen LogP contribution is 2.22. The van der Waals surface area contributed by atoms with Crippen LogP contribution in [0.25, 0.3) is 0 Å². The van der Waals surface area contributed by atoms with Gasteiger partial charge in [0.15, 0.2) is 0 Å². The van der Waals surface area contributed by atoms with Gasteiger partial charge in [-0.25, -0.2) is 8.78 Å². The molecule has 0 fully saturated rings. The summed E-state index contributed by atoms with van der Waals surface area (Å²) in [6.45, 7) is 5.63. The SMILES string of the molecule is CCCCC(=O)OCC(CCC)SCCCCCC(C)(F)F. The fourth-order valence-electron chi connectivity index (χ4n) is 2.08. The normalized spacial score (nSPS) is 13.1. The molecular formula is C17H32F2O2S. The number of ether oxygens (including phenoxy) is 1. The summed E-state index contributed by atoms with van der Waals surface area (Å²) in [7, 11) is 0. The maximum absolute atomic E-state index is 12.7. The molecule has 0 spiro atoms. The van der Waals surface area contributed by atoms with E-state index in [0.29, 0.717) is 24.7 Å². The van der Waals surface area contributed by atoms with Crippen LogP contribution in [0.2, 0.25) is 0 Å². The second-order valence-electron chi connectivity index (χ2n) is 5.95. The van der Waals surface area contributed by atoms with Crippen LogP contribution in [0.5, 0.6) is 0 Å². The first-order chi connectivity index (χ1) is 10.4. The molecule has 5 heteroatoms. The van der Waals surface area contributed by atoms with Crippen molar-refractivity contribution in [3.8, 4) is 0 Å². The lowest BCUT2D eigenvalue weighted by molar-refractivity contribution is -0.143. The van der Waals surface area contributed by atoms with Crippen LogP contribution in [0.15, 0.2) is 0 Å². The van der Waals surface area contributed by atoms with E-state index in [1.165, 1.54) is 0 Å². The first-order valence-corrected chi connectivity index (χ1v) is 9.59. The average Bonchev–Trinajstić information content (AvgIpc) is 2.44. The van der Waals surface area contributed by atoms with Crippen LogP contribution in [0, 0.1) is 0 Å². The van der Waals surface area contributed by atoms with Gasteiger partial charge in [-0.1, -0.05) is 33.1 Å². The summed E-state index contributed by atoms with van der Waals surface area (Å²) in [5.41, 5.74) is 0. The lowest BCUT2D eigenvalue weighted by atomic mass is 10.1. The van der Waals surface area contributed by atoms with Crippen molar-refractivity contribution in [2.75, 3.05) is 12.4 Å². The summed E-state index contributed by atoms with van der Waals surface area (Å²) in [6.07, 6.45) is 6.82. The Morgan fingerprint density at radius 1 is 1.14 bits per heavy atom. The molecular weight excluding hydrogens is 306 g/mol. The zero-order valence-corrected chi connectivity index (χ0v) is 15.2. The number of rotatable bonds is 14.